The Kier molecular flexibility index (Phi) is 4.23. The second-order valence-electron chi connectivity index (χ2n) is 6.01. The lowest BCUT2D eigenvalue weighted by molar-refractivity contribution is 0.0374. The van der Waals surface area contributed by atoms with Gasteiger partial charge in [-0.25, -0.2) is 4.79 Å². The molecule has 0 heterocycles. The van der Waals surface area contributed by atoms with E-state index in [9.17, 15) is 17.7 Å². The van der Waals surface area contributed by atoms with E-state index in [-0.39, 0.29) is 6.42 Å². The maximum atomic E-state index is 12.3. The monoisotopic (exact) mass is 266 g/mol. The Balaban J connectivity index is 2.48. The van der Waals surface area contributed by atoms with Crippen molar-refractivity contribution in [1.29, 1.82) is 0 Å². The molecule has 1 aliphatic carbocycles. The molecule has 0 unspecified atom stereocenters. The highest BCUT2D eigenvalue weighted by molar-refractivity contribution is 6.58. The van der Waals surface area contributed by atoms with Gasteiger partial charge in [0, 0.05) is 5.54 Å². The van der Waals surface area contributed by atoms with Gasteiger partial charge in [0.2, 0.25) is 0 Å². The molecule has 1 saturated carbocycles. The third-order valence-electron chi connectivity index (χ3n) is 3.03. The maximum absolute atomic E-state index is 12.3. The zero-order chi connectivity index (χ0) is 14.0. The average molecular weight is 266 g/mol. The van der Waals surface area contributed by atoms with E-state index in [4.69, 9.17) is 4.74 Å². The van der Waals surface area contributed by atoms with Crippen LogP contribution in [0.25, 0.3) is 0 Å². The zero-order valence-electron chi connectivity index (χ0n) is 11.1. The van der Waals surface area contributed by atoms with E-state index in [1.54, 1.807) is 20.8 Å². The van der Waals surface area contributed by atoms with Crippen LogP contribution in [0.4, 0.5) is 17.7 Å². The minimum atomic E-state index is -4.79. The van der Waals surface area contributed by atoms with Gasteiger partial charge in [-0.1, -0.05) is 12.7 Å². The number of nitrogens with one attached hydrogen (secondary N) is 1. The highest BCUT2D eigenvalue weighted by atomic mass is 19.4. The van der Waals surface area contributed by atoms with Crippen molar-refractivity contribution in [3.63, 3.8) is 0 Å². The fourth-order valence-electron chi connectivity index (χ4n) is 2.00. The summed E-state index contributed by atoms with van der Waals surface area (Å²) in [5.74, 6) is 0. The molecule has 0 aliphatic heterocycles. The van der Waals surface area contributed by atoms with Crippen LogP contribution >= 0.6 is 0 Å². The van der Waals surface area contributed by atoms with Crippen molar-refractivity contribution in [3.8, 4) is 0 Å². The lowest BCUT2D eigenvalue weighted by atomic mass is 9.68. The number of hydrogen-bond donors (Lipinski definition) is 1. The van der Waals surface area contributed by atoms with Crippen molar-refractivity contribution < 1.29 is 22.5 Å². The predicted molar refractivity (Wildman–Crippen MR) is 64.5 cm³/mol. The summed E-state index contributed by atoms with van der Waals surface area (Å²) in [6.45, 7) is 0.370. The molecule has 0 atom stereocenters. The predicted octanol–water partition coefficient (Wildman–Crippen LogP) is 3.67. The van der Waals surface area contributed by atoms with Crippen LogP contribution in [0, 0.1) is 0 Å². The minimum Gasteiger partial charge on any atom is -0.449 e. The molecule has 18 heavy (non-hydrogen) atoms. The molecular formula is C11H20BF3NO2-. The Bertz CT molecular complexity index is 308. The van der Waals surface area contributed by atoms with E-state index in [1.165, 1.54) is 0 Å². The highest BCUT2D eigenvalue weighted by Gasteiger charge is 2.40. The van der Waals surface area contributed by atoms with Crippen molar-refractivity contribution in [2.45, 2.75) is 63.9 Å². The van der Waals surface area contributed by atoms with Gasteiger partial charge in [-0.3, -0.25) is 0 Å². The summed E-state index contributed by atoms with van der Waals surface area (Å²) in [5.41, 5.74) is -1.34. The van der Waals surface area contributed by atoms with Gasteiger partial charge in [0.1, 0.15) is 5.60 Å². The van der Waals surface area contributed by atoms with Crippen LogP contribution in [0.15, 0.2) is 0 Å². The van der Waals surface area contributed by atoms with Gasteiger partial charge in [-0.05, 0) is 40.0 Å². The number of amides is 1. The molecule has 1 rings (SSSR count). The first kappa shape index (κ1) is 15.2. The summed E-state index contributed by atoms with van der Waals surface area (Å²) < 4.78 is 41.9. The first-order valence-electron chi connectivity index (χ1n) is 6.24. The maximum Gasteiger partial charge on any atom is 0.478 e. The lowest BCUT2D eigenvalue weighted by Crippen LogP contribution is -2.55. The third-order valence-corrected chi connectivity index (χ3v) is 3.03. The van der Waals surface area contributed by atoms with Crippen molar-refractivity contribution in [2.24, 2.45) is 0 Å². The van der Waals surface area contributed by atoms with Crippen LogP contribution in [0.3, 0.4) is 0 Å². The van der Waals surface area contributed by atoms with Gasteiger partial charge in [0.25, 0.3) is 0 Å². The van der Waals surface area contributed by atoms with Gasteiger partial charge < -0.3 is 23.0 Å². The fraction of sp³-hybridized carbons (Fsp3) is 0.909. The smallest absolute Gasteiger partial charge is 0.449 e. The number of halogens is 3. The largest absolute Gasteiger partial charge is 0.478 e. The molecule has 0 spiro atoms. The summed E-state index contributed by atoms with van der Waals surface area (Å²) in [7, 11) is 0. The van der Waals surface area contributed by atoms with Crippen LogP contribution in [0.5, 0.6) is 0 Å². The summed E-state index contributed by atoms with van der Waals surface area (Å²) in [5, 5.41) is 2.61. The molecule has 1 N–H and O–H groups in total. The molecule has 1 aliphatic rings. The molecule has 0 radical (unpaired) electrons. The molecule has 0 aromatic rings. The lowest BCUT2D eigenvalue weighted by Gasteiger charge is -2.44. The number of hydrogen-bond acceptors (Lipinski definition) is 2. The van der Waals surface area contributed by atoms with E-state index >= 15 is 0 Å². The zero-order valence-corrected chi connectivity index (χ0v) is 11.1. The summed E-state index contributed by atoms with van der Waals surface area (Å²) in [6, 6.07) is 0. The topological polar surface area (TPSA) is 38.3 Å². The van der Waals surface area contributed by atoms with Crippen LogP contribution in [-0.2, 0) is 4.74 Å². The molecule has 106 valence electrons. The van der Waals surface area contributed by atoms with E-state index < -0.39 is 30.5 Å². The number of carbonyl (C=O) groups is 1. The second-order valence-corrected chi connectivity index (χ2v) is 6.01. The normalized spacial score (nSPS) is 19.0. The average Bonchev–Trinajstić information content (AvgIpc) is 2.04. The molecule has 1 fully saturated rings. The molecule has 0 saturated heterocycles. The molecular weight excluding hydrogens is 246 g/mol. The quantitative estimate of drug-likeness (QED) is 0.788. The van der Waals surface area contributed by atoms with E-state index in [2.05, 4.69) is 5.32 Å². The van der Waals surface area contributed by atoms with E-state index in [0.29, 0.717) is 12.8 Å². The molecule has 0 aromatic heterocycles. The number of carbonyl (C=O) groups excluding carboxylic acids is 1. The molecule has 0 bridgehead atoms. The van der Waals surface area contributed by atoms with Gasteiger partial charge in [-0.2, -0.15) is 0 Å². The van der Waals surface area contributed by atoms with E-state index in [0.717, 1.165) is 6.42 Å². The van der Waals surface area contributed by atoms with E-state index in [1.807, 2.05) is 0 Å². The van der Waals surface area contributed by atoms with Crippen molar-refractivity contribution in [3.05, 3.63) is 0 Å². The first-order valence-corrected chi connectivity index (χ1v) is 6.24. The van der Waals surface area contributed by atoms with Gasteiger partial charge in [0.05, 0.1) is 0 Å². The Morgan fingerprint density at radius 2 is 1.89 bits per heavy atom. The molecule has 7 heteroatoms. The minimum absolute atomic E-state index is 0.0459. The van der Waals surface area contributed by atoms with Crippen molar-refractivity contribution >= 4 is 13.1 Å². The summed E-state index contributed by atoms with van der Waals surface area (Å²) >= 11 is 0. The molecule has 3 nitrogen and oxygen atoms in total. The third kappa shape index (κ3) is 5.18. The standard InChI is InChI=1S/C11H20BF3NO2/c1-10(2,3)18-9(17)16-11(5-4-6-11)7-8-12(13,14)15/h4-8H2,1-3H3,(H,16,17)/q-1. The Hall–Kier alpha value is -0.875. The van der Waals surface area contributed by atoms with Crippen LogP contribution < -0.4 is 5.32 Å². The van der Waals surface area contributed by atoms with Crippen LogP contribution in [-0.4, -0.2) is 24.2 Å². The summed E-state index contributed by atoms with van der Waals surface area (Å²) in [4.78, 5) is 11.6. The Morgan fingerprint density at radius 1 is 1.33 bits per heavy atom. The van der Waals surface area contributed by atoms with Gasteiger partial charge in [0.15, 0.2) is 0 Å². The Labute approximate surface area is 106 Å². The molecule has 1 amide bonds. The van der Waals surface area contributed by atoms with Crippen LogP contribution in [0.2, 0.25) is 6.32 Å². The SMILES string of the molecule is CC(C)(C)OC(=O)NC1(CC[B-](F)(F)F)CCC1. The van der Waals surface area contributed by atoms with Crippen molar-refractivity contribution in [2.75, 3.05) is 0 Å². The summed E-state index contributed by atoms with van der Waals surface area (Å²) in [6.07, 6.45) is 0.556. The molecule has 0 aromatic carbocycles. The first-order chi connectivity index (χ1) is 8.02. The van der Waals surface area contributed by atoms with Gasteiger partial charge >= 0.3 is 13.1 Å². The Morgan fingerprint density at radius 3 is 2.22 bits per heavy atom. The van der Waals surface area contributed by atoms with Crippen LogP contribution in [0.1, 0.15) is 46.5 Å². The highest BCUT2D eigenvalue weighted by Crippen LogP contribution is 2.38. The van der Waals surface area contributed by atoms with Crippen molar-refractivity contribution in [1.82, 2.24) is 5.32 Å². The fourth-order valence-corrected chi connectivity index (χ4v) is 2.00. The second kappa shape index (κ2) is 5.01. The number of alkyl carbamates (subject to hydrolysis) is 1. The van der Waals surface area contributed by atoms with Gasteiger partial charge in [-0.15, -0.1) is 0 Å². The number of ether oxygens (including phenoxy) is 1. The number of rotatable bonds is 4.